The highest BCUT2D eigenvalue weighted by Gasteiger charge is 2.21. The minimum Gasteiger partial charge on any atom is -0.356 e. The van der Waals surface area contributed by atoms with E-state index in [0.717, 1.165) is 11.9 Å². The minimum atomic E-state index is -2.91. The molecule has 5 nitrogen and oxygen atoms in total. The van der Waals surface area contributed by atoms with Crippen molar-refractivity contribution in [1.29, 1.82) is 0 Å². The Hall–Kier alpha value is -0.780. The molecule has 2 N–H and O–H groups in total. The molecular weight excluding hydrogens is 334 g/mol. The van der Waals surface area contributed by atoms with Crippen molar-refractivity contribution in [3.05, 3.63) is 0 Å². The lowest BCUT2D eigenvalue weighted by molar-refractivity contribution is 0.321. The summed E-state index contributed by atoms with van der Waals surface area (Å²) in [6.45, 7) is 7.10. The van der Waals surface area contributed by atoms with E-state index in [2.05, 4.69) is 36.4 Å². The van der Waals surface area contributed by atoms with E-state index in [9.17, 15) is 8.42 Å². The Morgan fingerprint density at radius 2 is 1.88 bits per heavy atom. The summed E-state index contributed by atoms with van der Waals surface area (Å²) in [4.78, 5) is 4.31. The van der Waals surface area contributed by atoms with Gasteiger partial charge in [-0.05, 0) is 37.5 Å². The number of hydrogen-bond acceptors (Lipinski definition) is 3. The summed E-state index contributed by atoms with van der Waals surface area (Å²) in [6.07, 6.45) is 11.4. The van der Waals surface area contributed by atoms with Gasteiger partial charge in [0.1, 0.15) is 9.84 Å². The van der Waals surface area contributed by atoms with Gasteiger partial charge < -0.3 is 10.6 Å². The first-order valence-electron chi connectivity index (χ1n) is 9.76. The standard InChI is InChI=1S/C19H39N3O2S/c1-16(11-12-17-9-7-6-8-10-17)22-18(20-4)21-15-19(2,3)13-14-25(5,23)24/h16-17H,6-15H2,1-5H3,(H2,20,21,22). The molecule has 0 bridgehead atoms. The zero-order valence-corrected chi connectivity index (χ0v) is 17.7. The van der Waals surface area contributed by atoms with E-state index in [1.807, 2.05) is 0 Å². The third-order valence-electron chi connectivity index (χ3n) is 5.22. The zero-order valence-electron chi connectivity index (χ0n) is 16.9. The Bertz CT molecular complexity index is 509. The van der Waals surface area contributed by atoms with Crippen LogP contribution in [0.15, 0.2) is 4.99 Å². The molecule has 6 heteroatoms. The molecule has 0 aliphatic heterocycles. The predicted molar refractivity (Wildman–Crippen MR) is 108 cm³/mol. The number of guanidine groups is 1. The second-order valence-electron chi connectivity index (χ2n) is 8.60. The van der Waals surface area contributed by atoms with Crippen LogP contribution in [-0.2, 0) is 9.84 Å². The van der Waals surface area contributed by atoms with Gasteiger partial charge in [0.25, 0.3) is 0 Å². The summed E-state index contributed by atoms with van der Waals surface area (Å²) >= 11 is 0. The second-order valence-corrected chi connectivity index (χ2v) is 10.9. The minimum absolute atomic E-state index is 0.0912. The number of hydrogen-bond donors (Lipinski definition) is 2. The fourth-order valence-electron chi connectivity index (χ4n) is 3.33. The third kappa shape index (κ3) is 10.7. The maximum atomic E-state index is 11.4. The molecule has 1 atom stereocenters. The highest BCUT2D eigenvalue weighted by molar-refractivity contribution is 7.90. The molecule has 0 spiro atoms. The highest BCUT2D eigenvalue weighted by Crippen LogP contribution is 2.27. The molecule has 1 fully saturated rings. The van der Waals surface area contributed by atoms with E-state index < -0.39 is 9.84 Å². The van der Waals surface area contributed by atoms with Crippen LogP contribution in [0.5, 0.6) is 0 Å². The van der Waals surface area contributed by atoms with Crippen LogP contribution in [0, 0.1) is 11.3 Å². The summed E-state index contributed by atoms with van der Waals surface area (Å²) in [5, 5.41) is 6.83. The summed E-state index contributed by atoms with van der Waals surface area (Å²) in [5.74, 6) is 1.94. The average Bonchev–Trinajstić information content (AvgIpc) is 2.55. The van der Waals surface area contributed by atoms with Crippen molar-refractivity contribution in [3.8, 4) is 0 Å². The lowest BCUT2D eigenvalue weighted by Gasteiger charge is -2.27. The van der Waals surface area contributed by atoms with Crippen molar-refractivity contribution in [2.45, 2.75) is 78.2 Å². The molecule has 0 saturated heterocycles. The van der Waals surface area contributed by atoms with Crippen molar-refractivity contribution >= 4 is 15.8 Å². The van der Waals surface area contributed by atoms with Crippen LogP contribution >= 0.6 is 0 Å². The molecule has 0 aromatic rings. The first-order chi connectivity index (χ1) is 11.6. The molecule has 0 aromatic heterocycles. The zero-order chi connectivity index (χ0) is 18.9. The Balaban J connectivity index is 2.32. The lowest BCUT2D eigenvalue weighted by atomic mass is 9.85. The fourth-order valence-corrected chi connectivity index (χ4v) is 4.26. The maximum Gasteiger partial charge on any atom is 0.191 e. The van der Waals surface area contributed by atoms with Crippen LogP contribution in [-0.4, -0.2) is 46.0 Å². The molecule has 0 aromatic carbocycles. The Morgan fingerprint density at radius 1 is 1.24 bits per heavy atom. The van der Waals surface area contributed by atoms with E-state index in [0.29, 0.717) is 19.0 Å². The van der Waals surface area contributed by atoms with Crippen LogP contribution in [0.1, 0.15) is 72.1 Å². The van der Waals surface area contributed by atoms with Gasteiger partial charge in [-0.25, -0.2) is 8.42 Å². The molecule has 0 amide bonds. The van der Waals surface area contributed by atoms with Crippen molar-refractivity contribution in [2.75, 3.05) is 25.6 Å². The Kier molecular flexibility index (Phi) is 9.25. The van der Waals surface area contributed by atoms with Crippen molar-refractivity contribution in [3.63, 3.8) is 0 Å². The predicted octanol–water partition coefficient (Wildman–Crippen LogP) is 3.36. The van der Waals surface area contributed by atoms with Gasteiger partial charge in [0, 0.05) is 25.9 Å². The van der Waals surface area contributed by atoms with Crippen molar-refractivity contribution in [2.24, 2.45) is 16.3 Å². The fraction of sp³-hybridized carbons (Fsp3) is 0.947. The molecular formula is C19H39N3O2S. The van der Waals surface area contributed by atoms with Gasteiger partial charge >= 0.3 is 0 Å². The summed E-state index contributed by atoms with van der Waals surface area (Å²) in [6, 6.07) is 0.396. The smallest absolute Gasteiger partial charge is 0.191 e. The van der Waals surface area contributed by atoms with Crippen LogP contribution in [0.25, 0.3) is 0 Å². The lowest BCUT2D eigenvalue weighted by Crippen LogP contribution is -2.45. The number of rotatable bonds is 9. The quantitative estimate of drug-likeness (QED) is 0.480. The van der Waals surface area contributed by atoms with E-state index in [1.54, 1.807) is 7.05 Å². The Morgan fingerprint density at radius 3 is 2.44 bits per heavy atom. The molecule has 0 radical (unpaired) electrons. The molecule has 1 aliphatic rings. The molecule has 148 valence electrons. The first-order valence-corrected chi connectivity index (χ1v) is 11.8. The topological polar surface area (TPSA) is 70.6 Å². The largest absolute Gasteiger partial charge is 0.356 e. The van der Waals surface area contributed by atoms with Gasteiger partial charge in [-0.15, -0.1) is 0 Å². The summed E-state index contributed by atoms with van der Waals surface area (Å²) in [7, 11) is -1.13. The summed E-state index contributed by atoms with van der Waals surface area (Å²) < 4.78 is 22.7. The number of sulfone groups is 1. The molecule has 1 aliphatic carbocycles. The molecule has 1 unspecified atom stereocenters. The van der Waals surface area contributed by atoms with Crippen LogP contribution in [0.2, 0.25) is 0 Å². The normalized spacial score (nSPS) is 18.8. The van der Waals surface area contributed by atoms with E-state index in [-0.39, 0.29) is 11.2 Å². The van der Waals surface area contributed by atoms with Crippen LogP contribution < -0.4 is 10.6 Å². The average molecular weight is 374 g/mol. The van der Waals surface area contributed by atoms with E-state index >= 15 is 0 Å². The number of aliphatic imine (C=N–C) groups is 1. The monoisotopic (exact) mass is 373 g/mol. The maximum absolute atomic E-state index is 11.4. The van der Waals surface area contributed by atoms with Gasteiger partial charge in [-0.3, -0.25) is 4.99 Å². The van der Waals surface area contributed by atoms with Crippen LogP contribution in [0.4, 0.5) is 0 Å². The number of nitrogens with zero attached hydrogens (tertiary/aromatic N) is 1. The second kappa shape index (κ2) is 10.4. The van der Waals surface area contributed by atoms with Gasteiger partial charge in [-0.1, -0.05) is 46.0 Å². The van der Waals surface area contributed by atoms with E-state index in [1.165, 1.54) is 51.2 Å². The Labute approximate surface area is 155 Å². The van der Waals surface area contributed by atoms with E-state index in [4.69, 9.17) is 0 Å². The third-order valence-corrected chi connectivity index (χ3v) is 6.17. The molecule has 25 heavy (non-hydrogen) atoms. The highest BCUT2D eigenvalue weighted by atomic mass is 32.2. The number of nitrogens with one attached hydrogen (secondary N) is 2. The van der Waals surface area contributed by atoms with Gasteiger partial charge in [-0.2, -0.15) is 0 Å². The van der Waals surface area contributed by atoms with Crippen molar-refractivity contribution in [1.82, 2.24) is 10.6 Å². The summed E-state index contributed by atoms with van der Waals surface area (Å²) in [5.41, 5.74) is -0.0912. The first kappa shape index (κ1) is 22.3. The van der Waals surface area contributed by atoms with Gasteiger partial charge in [0.2, 0.25) is 0 Å². The molecule has 1 saturated carbocycles. The van der Waals surface area contributed by atoms with Crippen molar-refractivity contribution < 1.29 is 8.42 Å². The van der Waals surface area contributed by atoms with Gasteiger partial charge in [0.15, 0.2) is 5.96 Å². The molecule has 1 rings (SSSR count). The van der Waals surface area contributed by atoms with Gasteiger partial charge in [0.05, 0.1) is 5.75 Å². The van der Waals surface area contributed by atoms with Crippen LogP contribution in [0.3, 0.4) is 0 Å². The SMILES string of the molecule is CN=C(NCC(C)(C)CCS(C)(=O)=O)NC(C)CCC1CCCCC1. The molecule has 0 heterocycles.